The minimum Gasteiger partial charge on any atom is -0.488 e. The second-order valence-electron chi connectivity index (χ2n) is 7.04. The summed E-state index contributed by atoms with van der Waals surface area (Å²) in [4.78, 5) is 24.9. The van der Waals surface area contributed by atoms with Crippen LogP contribution in [0.3, 0.4) is 0 Å². The van der Waals surface area contributed by atoms with Gasteiger partial charge in [0.15, 0.2) is 17.3 Å². The van der Waals surface area contributed by atoms with Gasteiger partial charge in [0.25, 0.3) is 5.91 Å². The van der Waals surface area contributed by atoms with Gasteiger partial charge in [0.05, 0.1) is 17.3 Å². The molecular formula is C22H19F4N3O3. The van der Waals surface area contributed by atoms with Crippen molar-refractivity contribution in [3.63, 3.8) is 0 Å². The average molecular weight is 449 g/mol. The number of ether oxygens (including phenoxy) is 1. The molecule has 10 heteroatoms. The highest BCUT2D eigenvalue weighted by Gasteiger charge is 2.34. The lowest BCUT2D eigenvalue weighted by Crippen LogP contribution is -2.40. The second-order valence-corrected chi connectivity index (χ2v) is 7.04. The normalized spacial score (nSPS) is 12.3. The van der Waals surface area contributed by atoms with Crippen LogP contribution in [0.15, 0.2) is 59.4 Å². The molecule has 32 heavy (non-hydrogen) atoms. The summed E-state index contributed by atoms with van der Waals surface area (Å²) in [5, 5.41) is 6.38. The van der Waals surface area contributed by atoms with E-state index in [1.807, 2.05) is 0 Å². The molecule has 0 fully saturated rings. The number of nitrogens with zero attached hydrogens (tertiary/aromatic N) is 2. The van der Waals surface area contributed by atoms with E-state index in [0.717, 1.165) is 16.8 Å². The molecule has 3 aromatic rings. The second kappa shape index (κ2) is 9.21. The minimum atomic E-state index is -4.66. The van der Waals surface area contributed by atoms with Gasteiger partial charge in [-0.15, -0.1) is 0 Å². The third-order valence-corrected chi connectivity index (χ3v) is 4.46. The number of halogens is 4. The summed E-state index contributed by atoms with van der Waals surface area (Å²) in [7, 11) is 0. The number of para-hydroxylation sites is 2. The first-order valence-electron chi connectivity index (χ1n) is 9.53. The number of carbonyl (C=O) groups is 1. The molecule has 1 amide bonds. The summed E-state index contributed by atoms with van der Waals surface area (Å²) < 4.78 is 60.1. The van der Waals surface area contributed by atoms with E-state index in [2.05, 4.69) is 10.4 Å². The number of aryl methyl sites for hydroxylation is 1. The summed E-state index contributed by atoms with van der Waals surface area (Å²) >= 11 is 0. The highest BCUT2D eigenvalue weighted by molar-refractivity contribution is 5.92. The fraction of sp³-hybridized carbons (Fsp3) is 0.227. The van der Waals surface area contributed by atoms with Crippen molar-refractivity contribution in [3.8, 4) is 11.4 Å². The number of nitrogens with one attached hydrogen (secondary N) is 1. The van der Waals surface area contributed by atoms with Crippen LogP contribution in [0.2, 0.25) is 0 Å². The van der Waals surface area contributed by atoms with Gasteiger partial charge in [-0.3, -0.25) is 9.59 Å². The van der Waals surface area contributed by atoms with Crippen LogP contribution in [0.1, 0.15) is 28.7 Å². The molecule has 0 aliphatic rings. The lowest BCUT2D eigenvalue weighted by Gasteiger charge is -2.18. The van der Waals surface area contributed by atoms with E-state index in [4.69, 9.17) is 4.74 Å². The Morgan fingerprint density at radius 3 is 2.50 bits per heavy atom. The van der Waals surface area contributed by atoms with Gasteiger partial charge in [-0.2, -0.15) is 18.3 Å². The lowest BCUT2D eigenvalue weighted by molar-refractivity contribution is -0.137. The van der Waals surface area contributed by atoms with Crippen LogP contribution in [-0.4, -0.2) is 28.3 Å². The van der Waals surface area contributed by atoms with Crippen LogP contribution in [0.4, 0.5) is 17.6 Å². The van der Waals surface area contributed by atoms with Crippen LogP contribution in [0.5, 0.6) is 5.75 Å². The Labute approximate surface area is 180 Å². The fourth-order valence-corrected chi connectivity index (χ4v) is 2.96. The monoisotopic (exact) mass is 449 g/mol. The zero-order chi connectivity index (χ0) is 23.5. The largest absolute Gasteiger partial charge is 0.488 e. The average Bonchev–Trinajstić information content (AvgIpc) is 2.72. The Morgan fingerprint density at radius 1 is 1.16 bits per heavy atom. The van der Waals surface area contributed by atoms with Crippen molar-refractivity contribution in [2.75, 3.05) is 6.61 Å². The van der Waals surface area contributed by atoms with E-state index in [-0.39, 0.29) is 23.7 Å². The molecule has 1 aromatic heterocycles. The molecule has 0 aliphatic heterocycles. The third-order valence-electron chi connectivity index (χ3n) is 4.46. The third kappa shape index (κ3) is 5.13. The number of hydrogen-bond acceptors (Lipinski definition) is 4. The Balaban J connectivity index is 1.84. The molecule has 1 atom stereocenters. The van der Waals surface area contributed by atoms with Gasteiger partial charge in [0.1, 0.15) is 6.61 Å². The first-order chi connectivity index (χ1) is 15.1. The summed E-state index contributed by atoms with van der Waals surface area (Å²) in [5.74, 6) is -1.47. The maximum absolute atomic E-state index is 13.6. The smallest absolute Gasteiger partial charge is 0.418 e. The van der Waals surface area contributed by atoms with Crippen molar-refractivity contribution in [1.82, 2.24) is 15.1 Å². The standard InChI is InChI=1S/C22H19F4N3O3/c1-13(12-32-19-10-6-4-8-16(19)23)27-21(31)20-18(30)11-14(2)29(28-20)17-9-5-3-7-15(17)22(24,25)26/h3-11,13H,12H2,1-2H3,(H,27,31). The van der Waals surface area contributed by atoms with Crippen molar-refractivity contribution in [1.29, 1.82) is 0 Å². The predicted molar refractivity (Wildman–Crippen MR) is 108 cm³/mol. The molecule has 1 N–H and O–H groups in total. The highest BCUT2D eigenvalue weighted by atomic mass is 19.4. The first kappa shape index (κ1) is 23.0. The van der Waals surface area contributed by atoms with E-state index in [0.29, 0.717) is 0 Å². The predicted octanol–water partition coefficient (Wildman–Crippen LogP) is 3.90. The Morgan fingerprint density at radius 2 is 1.81 bits per heavy atom. The summed E-state index contributed by atoms with van der Waals surface area (Å²) in [6.07, 6.45) is -4.66. The molecule has 0 saturated carbocycles. The zero-order valence-corrected chi connectivity index (χ0v) is 17.1. The molecule has 0 bridgehead atoms. The van der Waals surface area contributed by atoms with Crippen molar-refractivity contribution in [2.45, 2.75) is 26.1 Å². The highest BCUT2D eigenvalue weighted by Crippen LogP contribution is 2.33. The van der Waals surface area contributed by atoms with Crippen molar-refractivity contribution >= 4 is 5.91 Å². The Kier molecular flexibility index (Phi) is 6.61. The molecule has 0 spiro atoms. The maximum Gasteiger partial charge on any atom is 0.418 e. The minimum absolute atomic E-state index is 0.00632. The number of benzene rings is 2. The van der Waals surface area contributed by atoms with Crippen molar-refractivity contribution < 1.29 is 27.1 Å². The summed E-state index contributed by atoms with van der Waals surface area (Å²) in [6, 6.07) is 10.8. The molecule has 0 aliphatic carbocycles. The van der Waals surface area contributed by atoms with Gasteiger partial charge in [0, 0.05) is 11.8 Å². The SMILES string of the molecule is Cc1cc(=O)c(C(=O)NC(C)COc2ccccc2F)nn1-c1ccccc1C(F)(F)F. The van der Waals surface area contributed by atoms with Crippen LogP contribution < -0.4 is 15.5 Å². The number of amides is 1. The maximum atomic E-state index is 13.6. The number of carbonyl (C=O) groups excluding carboxylic acids is 1. The number of alkyl halides is 3. The van der Waals surface area contributed by atoms with Gasteiger partial charge >= 0.3 is 6.18 Å². The van der Waals surface area contributed by atoms with Crippen LogP contribution in [0.25, 0.3) is 5.69 Å². The molecule has 1 heterocycles. The van der Waals surface area contributed by atoms with Crippen LogP contribution >= 0.6 is 0 Å². The summed E-state index contributed by atoms with van der Waals surface area (Å²) in [5.41, 5.74) is -2.48. The summed E-state index contributed by atoms with van der Waals surface area (Å²) in [6.45, 7) is 2.86. The molecule has 0 saturated heterocycles. The van der Waals surface area contributed by atoms with E-state index in [9.17, 15) is 27.2 Å². The van der Waals surface area contributed by atoms with E-state index < -0.39 is 40.6 Å². The molecular weight excluding hydrogens is 430 g/mol. The van der Waals surface area contributed by atoms with Crippen LogP contribution in [0, 0.1) is 12.7 Å². The van der Waals surface area contributed by atoms with Gasteiger partial charge in [0.2, 0.25) is 5.43 Å². The Bertz CT molecular complexity index is 1190. The Hall–Kier alpha value is -3.69. The van der Waals surface area contributed by atoms with Gasteiger partial charge in [-0.05, 0) is 38.1 Å². The van der Waals surface area contributed by atoms with Crippen molar-refractivity contribution in [3.05, 3.63) is 87.6 Å². The number of hydrogen-bond donors (Lipinski definition) is 1. The number of rotatable bonds is 6. The fourth-order valence-electron chi connectivity index (χ4n) is 2.96. The van der Waals surface area contributed by atoms with E-state index >= 15 is 0 Å². The van der Waals surface area contributed by atoms with Crippen molar-refractivity contribution in [2.24, 2.45) is 0 Å². The van der Waals surface area contributed by atoms with E-state index in [1.54, 1.807) is 13.0 Å². The molecule has 1 unspecified atom stereocenters. The zero-order valence-electron chi connectivity index (χ0n) is 17.1. The van der Waals surface area contributed by atoms with Gasteiger partial charge in [-0.25, -0.2) is 9.07 Å². The van der Waals surface area contributed by atoms with Crippen LogP contribution in [-0.2, 0) is 6.18 Å². The van der Waals surface area contributed by atoms with E-state index in [1.165, 1.54) is 43.3 Å². The molecule has 2 aromatic carbocycles. The first-order valence-corrected chi connectivity index (χ1v) is 9.53. The molecule has 6 nitrogen and oxygen atoms in total. The molecule has 0 radical (unpaired) electrons. The molecule has 3 rings (SSSR count). The quantitative estimate of drug-likeness (QED) is 0.580. The van der Waals surface area contributed by atoms with Gasteiger partial charge < -0.3 is 10.1 Å². The van der Waals surface area contributed by atoms with Gasteiger partial charge in [-0.1, -0.05) is 24.3 Å². The lowest BCUT2D eigenvalue weighted by atomic mass is 10.1. The molecule has 168 valence electrons. The topological polar surface area (TPSA) is 73.2 Å². The number of aromatic nitrogens is 2.